The fourth-order valence-corrected chi connectivity index (χ4v) is 13.0. The Morgan fingerprint density at radius 2 is 0.663 bits per heavy atom. The quantitative estimate of drug-likeness (QED) is 0.0334. The number of aliphatic hydroxyl groups excluding tert-OH is 6. The summed E-state index contributed by atoms with van der Waals surface area (Å²) >= 11 is 0. The van der Waals surface area contributed by atoms with Crippen LogP contribution in [0.25, 0.3) is 31.3 Å². The van der Waals surface area contributed by atoms with Gasteiger partial charge in [0.2, 0.25) is 0 Å². The van der Waals surface area contributed by atoms with Gasteiger partial charge in [0.1, 0.15) is 61.0 Å². The Kier molecular flexibility index (Phi) is 25.8. The predicted molar refractivity (Wildman–Crippen MR) is 320 cm³/mol. The van der Waals surface area contributed by atoms with E-state index in [0.717, 1.165) is 16.7 Å². The van der Waals surface area contributed by atoms with Gasteiger partial charge in [0.15, 0.2) is 37.7 Å². The van der Waals surface area contributed by atoms with Crippen molar-refractivity contribution in [1.29, 1.82) is 0 Å². The number of methoxy groups -OCH3 is 1. The minimum atomic E-state index is -1.67. The SMILES string of the molecule is CO[C@H]1OC(CO)[C@@H](O[C@@H]2OC(C)[C@H](O[C@@H]3OC(CO)[C@@H](O[C@@H]4OC(C)[C@@H](O[C@H]5OC(CO)[C@@H](O[C@@H]6OC(C)[C@@H](C)[C@@H](OCc7ccccc7)C6O)[C@H](C)C5N=[N+]=[N-])[C@@H](OCc5ccccc5)C4O)[C@H](C)C3N=[N+]=[N-])[C@@H](OCc3ccccc3)C2O)[C@H](C)C1N=[N+]=[N-]. The second-order valence-electron chi connectivity index (χ2n) is 24.3. The Hall–Kier alpha value is -5.25. The van der Waals surface area contributed by atoms with E-state index in [1.165, 1.54) is 7.11 Å². The lowest BCUT2D eigenvalue weighted by molar-refractivity contribution is -0.378. The molecule has 0 radical (unpaired) electrons. The van der Waals surface area contributed by atoms with Crippen molar-refractivity contribution < 1.29 is 102 Å². The number of nitrogens with zero attached hydrogens (tertiary/aromatic N) is 9. The molecule has 30 nitrogen and oxygen atoms in total. The zero-order valence-electron chi connectivity index (χ0n) is 52.6. The molecule has 6 saturated heterocycles. The minimum Gasteiger partial charge on any atom is -0.394 e. The first-order valence-corrected chi connectivity index (χ1v) is 31.2. The number of azide groups is 3. The normalized spacial score (nSPS) is 41.5. The van der Waals surface area contributed by atoms with E-state index < -0.39 is 197 Å². The maximum atomic E-state index is 12.5. The third-order valence-electron chi connectivity index (χ3n) is 18.4. The molecule has 12 unspecified atom stereocenters. The molecule has 9 rings (SSSR count). The first-order valence-electron chi connectivity index (χ1n) is 31.2. The lowest BCUT2D eigenvalue weighted by Crippen LogP contribution is -2.66. The van der Waals surface area contributed by atoms with Gasteiger partial charge >= 0.3 is 0 Å². The fraction of sp³-hybridized carbons (Fsp3) is 0.710. The Morgan fingerprint density at radius 3 is 0.989 bits per heavy atom. The molecule has 3 aromatic rings. The molecule has 92 heavy (non-hydrogen) atoms. The lowest BCUT2D eigenvalue weighted by atomic mass is 9.87. The second-order valence-corrected chi connectivity index (χ2v) is 24.3. The molecule has 0 spiro atoms. The van der Waals surface area contributed by atoms with Crippen LogP contribution >= 0.6 is 0 Å². The van der Waals surface area contributed by atoms with Crippen molar-refractivity contribution in [2.24, 2.45) is 39.0 Å². The van der Waals surface area contributed by atoms with Crippen molar-refractivity contribution in [3.63, 3.8) is 0 Å². The molecular weight excluding hydrogens is 1210 g/mol. The van der Waals surface area contributed by atoms with Gasteiger partial charge in [-0.25, -0.2) is 0 Å². The topological polar surface area (TPSA) is 406 Å². The highest BCUT2D eigenvalue weighted by molar-refractivity contribution is 5.16. The van der Waals surface area contributed by atoms with Crippen LogP contribution in [0.15, 0.2) is 106 Å². The monoisotopic (exact) mass is 1290 g/mol. The average molecular weight is 1290 g/mol. The van der Waals surface area contributed by atoms with Gasteiger partial charge in [0, 0.05) is 27.8 Å². The molecule has 506 valence electrons. The Balaban J connectivity index is 0.918. The molecule has 6 aliphatic heterocycles. The lowest BCUT2D eigenvalue weighted by Gasteiger charge is -2.51. The summed E-state index contributed by atoms with van der Waals surface area (Å²) in [5.74, 6) is -2.48. The van der Waals surface area contributed by atoms with Gasteiger partial charge in [-0.3, -0.25) is 0 Å². The average Bonchev–Trinajstić information content (AvgIpc) is 0.792. The van der Waals surface area contributed by atoms with E-state index in [-0.39, 0.29) is 25.7 Å². The molecule has 30 heteroatoms. The van der Waals surface area contributed by atoms with Crippen LogP contribution in [-0.4, -0.2) is 217 Å². The van der Waals surface area contributed by atoms with E-state index in [1.807, 2.05) is 105 Å². The molecule has 6 fully saturated rings. The van der Waals surface area contributed by atoms with Gasteiger partial charge in [-0.1, -0.05) is 134 Å². The maximum Gasteiger partial charge on any atom is 0.186 e. The van der Waals surface area contributed by atoms with Gasteiger partial charge < -0.3 is 102 Å². The molecule has 0 bridgehead atoms. The van der Waals surface area contributed by atoms with Crippen LogP contribution < -0.4 is 0 Å². The summed E-state index contributed by atoms with van der Waals surface area (Å²) < 4.78 is 95.5. The number of benzene rings is 3. The van der Waals surface area contributed by atoms with Gasteiger partial charge in [-0.15, -0.1) is 0 Å². The summed E-state index contributed by atoms with van der Waals surface area (Å²) in [5, 5.41) is 81.1. The van der Waals surface area contributed by atoms with Crippen LogP contribution in [-0.2, 0) is 90.9 Å². The number of hydrogen-bond donors (Lipinski definition) is 6. The maximum absolute atomic E-state index is 12.5. The van der Waals surface area contributed by atoms with Crippen molar-refractivity contribution in [1.82, 2.24) is 0 Å². The number of hydrogen-bond acceptors (Lipinski definition) is 24. The van der Waals surface area contributed by atoms with Crippen LogP contribution in [0.1, 0.15) is 65.2 Å². The molecule has 3 aromatic carbocycles. The highest BCUT2D eigenvalue weighted by atomic mass is 16.8. The van der Waals surface area contributed by atoms with E-state index in [1.54, 1.807) is 34.6 Å². The number of ether oxygens (including phenoxy) is 15. The van der Waals surface area contributed by atoms with E-state index in [9.17, 15) is 47.2 Å². The molecule has 0 amide bonds. The fourth-order valence-electron chi connectivity index (χ4n) is 13.0. The van der Waals surface area contributed by atoms with E-state index in [0.29, 0.717) is 0 Å². The van der Waals surface area contributed by atoms with Crippen molar-refractivity contribution in [3.8, 4) is 0 Å². The van der Waals surface area contributed by atoms with Gasteiger partial charge in [-0.2, -0.15) is 0 Å². The first-order chi connectivity index (χ1) is 44.5. The van der Waals surface area contributed by atoms with Crippen LogP contribution in [0.4, 0.5) is 0 Å². The molecule has 6 N–H and O–H groups in total. The van der Waals surface area contributed by atoms with Crippen molar-refractivity contribution in [3.05, 3.63) is 139 Å². The number of aliphatic hydroxyl groups is 6. The third kappa shape index (κ3) is 16.3. The molecule has 0 saturated carbocycles. The Morgan fingerprint density at radius 1 is 0.370 bits per heavy atom. The molecular formula is C62H87N9O21. The van der Waals surface area contributed by atoms with Gasteiger partial charge in [0.05, 0.1) is 100 Å². The summed E-state index contributed by atoms with van der Waals surface area (Å²) in [4.78, 5) is 9.23. The third-order valence-corrected chi connectivity index (χ3v) is 18.4. The van der Waals surface area contributed by atoms with Crippen LogP contribution in [0.5, 0.6) is 0 Å². The Bertz CT molecular complexity index is 2890. The molecule has 30 atom stereocenters. The number of rotatable bonds is 26. The first kappa shape index (κ1) is 71.1. The Labute approximate surface area is 532 Å². The predicted octanol–water partition coefficient (Wildman–Crippen LogP) is 5.36. The zero-order chi connectivity index (χ0) is 65.8. The molecule has 0 aliphatic carbocycles. The molecule has 6 heterocycles. The van der Waals surface area contributed by atoms with Crippen LogP contribution in [0, 0.1) is 23.7 Å². The van der Waals surface area contributed by atoms with Gasteiger partial charge in [0.25, 0.3) is 0 Å². The highest BCUT2D eigenvalue weighted by Crippen LogP contribution is 2.42. The van der Waals surface area contributed by atoms with E-state index >= 15 is 0 Å². The van der Waals surface area contributed by atoms with Crippen molar-refractivity contribution in [2.75, 3.05) is 26.9 Å². The molecule has 0 aromatic heterocycles. The van der Waals surface area contributed by atoms with Crippen molar-refractivity contribution >= 4 is 0 Å². The molecule has 6 aliphatic rings. The van der Waals surface area contributed by atoms with Gasteiger partial charge in [-0.05, 0) is 71.8 Å². The van der Waals surface area contributed by atoms with Crippen LogP contribution in [0.3, 0.4) is 0 Å². The summed E-state index contributed by atoms with van der Waals surface area (Å²) in [6.07, 6.45) is -27.2. The summed E-state index contributed by atoms with van der Waals surface area (Å²) in [6.45, 7) is 10.5. The minimum absolute atomic E-state index is 0.0203. The van der Waals surface area contributed by atoms with Crippen LogP contribution in [0.2, 0.25) is 0 Å². The largest absolute Gasteiger partial charge is 0.394 e. The van der Waals surface area contributed by atoms with E-state index in [2.05, 4.69) is 30.1 Å². The highest BCUT2D eigenvalue weighted by Gasteiger charge is 2.57. The second kappa shape index (κ2) is 33.4. The smallest absolute Gasteiger partial charge is 0.186 e. The summed E-state index contributed by atoms with van der Waals surface area (Å²) in [5.41, 5.74) is 31.9. The standard InChI is InChI=1S/C62H87N9O21/c1-30-34(5)82-60(46(75)52(30)79-27-37-18-12-9-13-19-37)88-50-32(3)44(67-70-64)58(86-41(50)25-73)91-54-36(7)84-62(48(77)56(54)81-29-39-22-16-11-17-23-39)90-51-33(4)45(68-71-65)59(87-42(51)26-74)92-53-35(6)83-61(47(76)55(53)80-28-38-20-14-10-15-21-38)89-49-31(2)43(66-69-63)57(78-8)85-40(49)24-72/h9-23,30-36,40-62,72-77H,24-29H2,1-8H3/t30-,31-,32-,33-,34?,35?,36?,40?,41?,42?,43?,44?,45?,46?,47?,48?,49+,50+,51+,52-,53+,54-,55+,56+,57+,58-,59+,60+,61+,62+/m1/s1. The van der Waals surface area contributed by atoms with Crippen molar-refractivity contribution in [2.45, 2.75) is 228 Å². The zero-order valence-corrected chi connectivity index (χ0v) is 52.6. The summed E-state index contributed by atoms with van der Waals surface area (Å²) in [7, 11) is 1.38. The van der Waals surface area contributed by atoms with E-state index in [4.69, 9.17) is 71.1 Å². The summed E-state index contributed by atoms with van der Waals surface area (Å²) in [6, 6.07) is 24.5.